The van der Waals surface area contributed by atoms with Crippen LogP contribution in [0, 0.1) is 18.8 Å². The van der Waals surface area contributed by atoms with Gasteiger partial charge in [-0.25, -0.2) is 0 Å². The Hall–Kier alpha value is -0.860. The lowest BCUT2D eigenvalue weighted by Crippen LogP contribution is -2.56. The Morgan fingerprint density at radius 3 is 2.68 bits per heavy atom. The zero-order valence-corrected chi connectivity index (χ0v) is 13.9. The highest BCUT2D eigenvalue weighted by Gasteiger charge is 2.59. The van der Waals surface area contributed by atoms with E-state index in [4.69, 9.17) is 9.47 Å². The highest BCUT2D eigenvalue weighted by atomic mass is 16.5. The molecule has 4 rings (SSSR count). The molecule has 0 bridgehead atoms. The van der Waals surface area contributed by atoms with Crippen LogP contribution in [0.3, 0.4) is 0 Å². The number of hydrogen-bond donors (Lipinski definition) is 0. The lowest BCUT2D eigenvalue weighted by molar-refractivity contribution is -0.227. The van der Waals surface area contributed by atoms with Crippen LogP contribution in [0.25, 0.3) is 0 Å². The topological polar surface area (TPSA) is 18.5 Å². The number of aryl methyl sites for hydroxylation is 1. The third-order valence-corrected chi connectivity index (χ3v) is 6.33. The van der Waals surface area contributed by atoms with Gasteiger partial charge in [0.15, 0.2) is 0 Å². The Labute approximate surface area is 134 Å². The van der Waals surface area contributed by atoms with Crippen molar-refractivity contribution in [2.24, 2.45) is 11.8 Å². The van der Waals surface area contributed by atoms with Crippen molar-refractivity contribution < 1.29 is 9.47 Å². The second-order valence-electron chi connectivity index (χ2n) is 7.46. The molecule has 2 heteroatoms. The van der Waals surface area contributed by atoms with Crippen LogP contribution in [-0.2, 0) is 9.47 Å². The molecule has 0 amide bonds. The van der Waals surface area contributed by atoms with Crippen molar-refractivity contribution in [2.75, 3.05) is 6.61 Å². The van der Waals surface area contributed by atoms with Gasteiger partial charge in [-0.1, -0.05) is 49.6 Å². The van der Waals surface area contributed by atoms with E-state index >= 15 is 0 Å². The Balaban J connectivity index is 1.73. The highest BCUT2D eigenvalue weighted by molar-refractivity contribution is 5.26. The van der Waals surface area contributed by atoms with Crippen LogP contribution in [0.5, 0.6) is 0 Å². The molecule has 1 spiro atoms. The predicted octanol–water partition coefficient (Wildman–Crippen LogP) is 4.81. The van der Waals surface area contributed by atoms with Crippen LogP contribution in [0.4, 0.5) is 0 Å². The van der Waals surface area contributed by atoms with Gasteiger partial charge in [-0.15, -0.1) is 0 Å². The van der Waals surface area contributed by atoms with E-state index in [0.717, 1.165) is 13.0 Å². The van der Waals surface area contributed by atoms with Gasteiger partial charge in [0.25, 0.3) is 0 Å². The molecule has 3 aliphatic rings. The monoisotopic (exact) mass is 300 g/mol. The summed E-state index contributed by atoms with van der Waals surface area (Å²) in [6, 6.07) is 8.97. The van der Waals surface area contributed by atoms with Crippen LogP contribution in [0.1, 0.15) is 62.7 Å². The van der Waals surface area contributed by atoms with Crippen molar-refractivity contribution in [2.45, 2.75) is 70.2 Å². The summed E-state index contributed by atoms with van der Waals surface area (Å²) in [5.74, 6) is 1.16. The van der Waals surface area contributed by atoms with Crippen LogP contribution in [0.15, 0.2) is 24.3 Å². The van der Waals surface area contributed by atoms with Crippen LogP contribution in [0.2, 0.25) is 0 Å². The Bertz CT molecular complexity index is 523. The Morgan fingerprint density at radius 1 is 1.09 bits per heavy atom. The second-order valence-corrected chi connectivity index (χ2v) is 7.46. The maximum absolute atomic E-state index is 6.66. The van der Waals surface area contributed by atoms with E-state index in [9.17, 15) is 0 Å². The zero-order valence-electron chi connectivity index (χ0n) is 13.9. The molecule has 22 heavy (non-hydrogen) atoms. The van der Waals surface area contributed by atoms with Gasteiger partial charge in [0, 0.05) is 18.4 Å². The van der Waals surface area contributed by atoms with E-state index in [1.807, 2.05) is 0 Å². The third-order valence-electron chi connectivity index (χ3n) is 6.33. The summed E-state index contributed by atoms with van der Waals surface area (Å²) in [6.07, 6.45) is 8.02. The predicted molar refractivity (Wildman–Crippen MR) is 87.8 cm³/mol. The summed E-state index contributed by atoms with van der Waals surface area (Å²) in [7, 11) is 0. The molecular weight excluding hydrogens is 272 g/mol. The standard InChI is InChI=1S/C20H28O2/c1-3-18-16-11-13-21-20(16)12-5-4-6-17(20)19(22-18)15-9-7-14(2)8-10-15/h7-10,16-19H,3-6,11-13H2,1-2H3/t16-,17-,18+,19-,20-/m0/s1. The summed E-state index contributed by atoms with van der Waals surface area (Å²) < 4.78 is 13.1. The quantitative estimate of drug-likeness (QED) is 0.780. The SMILES string of the molecule is CC[C@H]1O[C@@H](c2ccc(C)cc2)[C@@H]2CCCC[C@@]23OCC[C@@H]13. The highest BCUT2D eigenvalue weighted by Crippen LogP contribution is 2.58. The first kappa shape index (κ1) is 14.7. The van der Waals surface area contributed by atoms with Gasteiger partial charge < -0.3 is 9.47 Å². The minimum absolute atomic E-state index is 0.104. The van der Waals surface area contributed by atoms with Crippen molar-refractivity contribution >= 4 is 0 Å². The maximum Gasteiger partial charge on any atom is 0.0884 e. The molecule has 120 valence electrons. The van der Waals surface area contributed by atoms with E-state index in [1.54, 1.807) is 0 Å². The van der Waals surface area contributed by atoms with E-state index in [0.29, 0.717) is 17.9 Å². The lowest BCUT2D eigenvalue weighted by Gasteiger charge is -2.54. The fourth-order valence-corrected chi connectivity index (χ4v) is 5.30. The molecule has 5 atom stereocenters. The van der Waals surface area contributed by atoms with E-state index < -0.39 is 0 Å². The Morgan fingerprint density at radius 2 is 1.91 bits per heavy atom. The van der Waals surface area contributed by atoms with Gasteiger partial charge in [0.05, 0.1) is 17.8 Å². The van der Waals surface area contributed by atoms with E-state index in [-0.39, 0.29) is 11.7 Å². The summed E-state index contributed by atoms with van der Waals surface area (Å²) in [5, 5.41) is 0. The van der Waals surface area contributed by atoms with E-state index in [2.05, 4.69) is 38.1 Å². The largest absolute Gasteiger partial charge is 0.374 e. The molecule has 1 aromatic rings. The summed E-state index contributed by atoms with van der Waals surface area (Å²) in [5.41, 5.74) is 2.77. The average Bonchev–Trinajstić information content (AvgIpc) is 2.97. The van der Waals surface area contributed by atoms with Crippen molar-refractivity contribution in [3.05, 3.63) is 35.4 Å². The smallest absolute Gasteiger partial charge is 0.0884 e. The molecule has 0 unspecified atom stereocenters. The van der Waals surface area contributed by atoms with Crippen molar-refractivity contribution in [1.82, 2.24) is 0 Å². The van der Waals surface area contributed by atoms with Gasteiger partial charge in [-0.05, 0) is 38.2 Å². The van der Waals surface area contributed by atoms with Crippen molar-refractivity contribution in [1.29, 1.82) is 0 Å². The second kappa shape index (κ2) is 5.65. The lowest BCUT2D eigenvalue weighted by atomic mass is 9.62. The first-order chi connectivity index (χ1) is 10.7. The molecule has 2 aliphatic heterocycles. The molecule has 1 aromatic carbocycles. The fourth-order valence-electron chi connectivity index (χ4n) is 5.30. The fraction of sp³-hybridized carbons (Fsp3) is 0.700. The molecule has 0 aromatic heterocycles. The first-order valence-corrected chi connectivity index (χ1v) is 9.10. The van der Waals surface area contributed by atoms with Gasteiger partial charge in [0.1, 0.15) is 0 Å². The Kier molecular flexibility index (Phi) is 3.78. The molecular formula is C20H28O2. The number of hydrogen-bond acceptors (Lipinski definition) is 2. The maximum atomic E-state index is 6.66. The van der Waals surface area contributed by atoms with Crippen LogP contribution in [-0.4, -0.2) is 18.3 Å². The molecule has 0 radical (unpaired) electrons. The molecule has 2 saturated heterocycles. The average molecular weight is 300 g/mol. The first-order valence-electron chi connectivity index (χ1n) is 9.10. The molecule has 2 nitrogen and oxygen atoms in total. The molecule has 1 saturated carbocycles. The van der Waals surface area contributed by atoms with Crippen molar-refractivity contribution in [3.63, 3.8) is 0 Å². The number of benzene rings is 1. The van der Waals surface area contributed by atoms with Gasteiger partial charge in [-0.2, -0.15) is 0 Å². The summed E-state index contributed by atoms with van der Waals surface area (Å²) >= 11 is 0. The molecule has 2 heterocycles. The van der Waals surface area contributed by atoms with Gasteiger partial charge in [0.2, 0.25) is 0 Å². The van der Waals surface area contributed by atoms with Crippen LogP contribution >= 0.6 is 0 Å². The molecule has 0 N–H and O–H groups in total. The molecule has 1 aliphatic carbocycles. The minimum atomic E-state index is 0.104. The zero-order chi connectivity index (χ0) is 15.2. The van der Waals surface area contributed by atoms with Gasteiger partial charge in [-0.3, -0.25) is 0 Å². The third kappa shape index (κ3) is 2.15. The number of rotatable bonds is 2. The summed E-state index contributed by atoms with van der Waals surface area (Å²) in [4.78, 5) is 0. The normalized spacial score (nSPS) is 41.0. The number of ether oxygens (including phenoxy) is 2. The minimum Gasteiger partial charge on any atom is -0.374 e. The van der Waals surface area contributed by atoms with Crippen LogP contribution < -0.4 is 0 Å². The summed E-state index contributed by atoms with van der Waals surface area (Å²) in [6.45, 7) is 5.35. The van der Waals surface area contributed by atoms with E-state index in [1.165, 1.54) is 43.2 Å². The molecule has 3 fully saturated rings. The van der Waals surface area contributed by atoms with Crippen molar-refractivity contribution in [3.8, 4) is 0 Å². The van der Waals surface area contributed by atoms with Gasteiger partial charge >= 0.3 is 0 Å².